The maximum absolute atomic E-state index is 12.6. The second kappa shape index (κ2) is 9.42. The van der Waals surface area contributed by atoms with E-state index in [2.05, 4.69) is 4.74 Å². The molecule has 22 heavy (non-hydrogen) atoms. The van der Waals surface area contributed by atoms with E-state index in [1.54, 1.807) is 6.07 Å². The van der Waals surface area contributed by atoms with Crippen LogP contribution in [0.5, 0.6) is 0 Å². The summed E-state index contributed by atoms with van der Waals surface area (Å²) >= 11 is 0. The minimum absolute atomic E-state index is 0.162. The minimum Gasteiger partial charge on any atom is -0.468 e. The molecule has 0 aromatic heterocycles. The van der Waals surface area contributed by atoms with E-state index >= 15 is 0 Å². The molecule has 7 heteroatoms. The largest absolute Gasteiger partial charge is 0.468 e. The van der Waals surface area contributed by atoms with Crippen LogP contribution in [0, 0.1) is 12.7 Å². The van der Waals surface area contributed by atoms with Crippen molar-refractivity contribution in [3.63, 3.8) is 0 Å². The van der Waals surface area contributed by atoms with Crippen molar-refractivity contribution in [3.05, 3.63) is 35.6 Å². The molecule has 0 bridgehead atoms. The second-order valence-electron chi connectivity index (χ2n) is 4.57. The number of hydrogen-bond acceptors (Lipinski definition) is 4. The predicted octanol–water partition coefficient (Wildman–Crippen LogP) is 2.90. The van der Waals surface area contributed by atoms with E-state index in [9.17, 15) is 18.0 Å². The van der Waals surface area contributed by atoms with Crippen LogP contribution in [0.3, 0.4) is 0 Å². The molecule has 0 spiro atoms. The van der Waals surface area contributed by atoms with Gasteiger partial charge in [-0.1, -0.05) is 26.0 Å². The summed E-state index contributed by atoms with van der Waals surface area (Å²) in [7, 11) is 1.15. The number of nitrogens with two attached hydrogens (primary N) is 1. The fourth-order valence-corrected chi connectivity index (χ4v) is 1.80. The van der Waals surface area contributed by atoms with Gasteiger partial charge in [0, 0.05) is 6.42 Å². The fourth-order valence-electron chi connectivity index (χ4n) is 1.80. The van der Waals surface area contributed by atoms with Crippen molar-refractivity contribution < 1.29 is 22.7 Å². The molecule has 0 amide bonds. The molecule has 2 rings (SSSR count). The van der Waals surface area contributed by atoms with E-state index in [-0.39, 0.29) is 5.82 Å². The van der Waals surface area contributed by atoms with Gasteiger partial charge < -0.3 is 4.74 Å². The first-order valence-corrected chi connectivity index (χ1v) is 6.94. The number of nitrogens with zero attached hydrogens (tertiary/aromatic N) is 1. The first-order valence-electron chi connectivity index (χ1n) is 6.94. The van der Waals surface area contributed by atoms with Crippen LogP contribution >= 0.6 is 0 Å². The number of ether oxygens (including phenoxy) is 1. The van der Waals surface area contributed by atoms with Gasteiger partial charge in [0.05, 0.1) is 13.7 Å². The van der Waals surface area contributed by atoms with Crippen LogP contribution in [0.25, 0.3) is 0 Å². The van der Waals surface area contributed by atoms with Gasteiger partial charge in [0.15, 0.2) is 0 Å². The molecule has 1 atom stereocenters. The van der Waals surface area contributed by atoms with Crippen molar-refractivity contribution >= 4 is 5.97 Å². The van der Waals surface area contributed by atoms with E-state index < -0.39 is 30.9 Å². The third-order valence-electron chi connectivity index (χ3n) is 2.76. The van der Waals surface area contributed by atoms with Crippen molar-refractivity contribution in [2.24, 2.45) is 5.84 Å². The van der Waals surface area contributed by atoms with Gasteiger partial charge in [0.1, 0.15) is 11.9 Å². The van der Waals surface area contributed by atoms with Crippen LogP contribution in [-0.4, -0.2) is 36.6 Å². The molecule has 4 nitrogen and oxygen atoms in total. The third kappa shape index (κ3) is 6.91. The number of rotatable bonds is 1. The Kier molecular flexibility index (Phi) is 8.74. The van der Waals surface area contributed by atoms with Crippen LogP contribution in [0.1, 0.15) is 25.8 Å². The van der Waals surface area contributed by atoms with E-state index in [1.807, 2.05) is 26.8 Å². The summed E-state index contributed by atoms with van der Waals surface area (Å²) in [6, 6.07) is 5.49. The maximum Gasteiger partial charge on any atom is 0.324 e. The number of carbonyl (C=O) groups excluding carboxylic acids is 1. The summed E-state index contributed by atoms with van der Waals surface area (Å²) in [5, 5.41) is 0.811. The molecule has 0 saturated carbocycles. The van der Waals surface area contributed by atoms with Gasteiger partial charge in [0.25, 0.3) is 5.92 Å². The maximum atomic E-state index is 12.6. The van der Waals surface area contributed by atoms with E-state index in [0.29, 0.717) is 0 Å². The zero-order valence-electron chi connectivity index (χ0n) is 13.3. The average Bonchev–Trinajstić information content (AvgIpc) is 2.74. The standard InChI is InChI=1S/C7H7F.C6H10F2N2O2.C2H6/c1-6-3-2-4-7(8)5-6;1-12-5(11)4-2-6(7,8)3-10(4)9;1-2/h2-5H,1H3;4H,2-3,9H2,1H3;1-2H3. The molecule has 1 saturated heterocycles. The summed E-state index contributed by atoms with van der Waals surface area (Å²) in [4.78, 5) is 10.8. The van der Waals surface area contributed by atoms with Gasteiger partial charge in [-0.3, -0.25) is 10.6 Å². The first-order chi connectivity index (χ1) is 10.2. The number of hydrazine groups is 1. The van der Waals surface area contributed by atoms with Crippen LogP contribution < -0.4 is 5.84 Å². The number of benzene rings is 1. The Labute approximate surface area is 129 Å². The monoisotopic (exact) mass is 320 g/mol. The number of esters is 1. The van der Waals surface area contributed by atoms with Gasteiger partial charge >= 0.3 is 5.97 Å². The van der Waals surface area contributed by atoms with E-state index in [4.69, 9.17) is 5.84 Å². The normalized spacial score (nSPS) is 19.4. The van der Waals surface area contributed by atoms with E-state index in [0.717, 1.165) is 17.7 Å². The quantitative estimate of drug-likeness (QED) is 0.638. The fraction of sp³-hybridized carbons (Fsp3) is 0.533. The Morgan fingerprint density at radius 1 is 1.41 bits per heavy atom. The molecule has 1 aromatic rings. The highest BCUT2D eigenvalue weighted by molar-refractivity contribution is 5.76. The van der Waals surface area contributed by atoms with Crippen molar-refractivity contribution in [3.8, 4) is 0 Å². The number of aryl methyl sites for hydroxylation is 1. The summed E-state index contributed by atoms with van der Waals surface area (Å²) in [6.07, 6.45) is -0.559. The molecular weight excluding hydrogens is 297 g/mol. The molecule has 1 aliphatic heterocycles. The Balaban J connectivity index is 0.000000382. The molecule has 126 valence electrons. The van der Waals surface area contributed by atoms with Gasteiger partial charge in [-0.2, -0.15) is 0 Å². The van der Waals surface area contributed by atoms with Crippen molar-refractivity contribution in [1.82, 2.24) is 5.01 Å². The number of alkyl halides is 2. The molecule has 1 heterocycles. The minimum atomic E-state index is -2.88. The first kappa shape index (κ1) is 20.4. The van der Waals surface area contributed by atoms with Crippen molar-refractivity contribution in [2.75, 3.05) is 13.7 Å². The highest BCUT2D eigenvalue weighted by Gasteiger charge is 2.47. The van der Waals surface area contributed by atoms with Crippen molar-refractivity contribution in [1.29, 1.82) is 0 Å². The summed E-state index contributed by atoms with van der Waals surface area (Å²) in [5.41, 5.74) is 0.963. The topological polar surface area (TPSA) is 55.6 Å². The van der Waals surface area contributed by atoms with Gasteiger partial charge in [0.2, 0.25) is 0 Å². The molecule has 1 unspecified atom stereocenters. The lowest BCUT2D eigenvalue weighted by atomic mass is 10.2. The zero-order chi connectivity index (χ0) is 17.3. The highest BCUT2D eigenvalue weighted by Crippen LogP contribution is 2.30. The number of carbonyl (C=O) groups is 1. The van der Waals surface area contributed by atoms with Crippen LogP contribution in [-0.2, 0) is 9.53 Å². The summed E-state index contributed by atoms with van der Waals surface area (Å²) in [5.74, 6) is 1.43. The highest BCUT2D eigenvalue weighted by atomic mass is 19.3. The van der Waals surface area contributed by atoms with Gasteiger partial charge in [-0.25, -0.2) is 18.2 Å². The molecule has 0 aliphatic carbocycles. The molecular formula is C15H23F3N2O2. The smallest absolute Gasteiger partial charge is 0.324 e. The number of halogens is 3. The lowest BCUT2D eigenvalue weighted by Gasteiger charge is -2.14. The molecule has 1 aliphatic rings. The predicted molar refractivity (Wildman–Crippen MR) is 78.7 cm³/mol. The lowest BCUT2D eigenvalue weighted by Crippen LogP contribution is -2.41. The molecule has 2 N–H and O–H groups in total. The van der Waals surface area contributed by atoms with Crippen LogP contribution in [0.15, 0.2) is 24.3 Å². The Bertz CT molecular complexity index is 453. The van der Waals surface area contributed by atoms with Crippen LogP contribution in [0.2, 0.25) is 0 Å². The summed E-state index contributed by atoms with van der Waals surface area (Å²) < 4.78 is 41.7. The number of methoxy groups -OCH3 is 1. The molecule has 1 fully saturated rings. The Morgan fingerprint density at radius 3 is 2.32 bits per heavy atom. The molecule has 0 radical (unpaired) electrons. The second-order valence-corrected chi connectivity index (χ2v) is 4.57. The van der Waals surface area contributed by atoms with Crippen molar-refractivity contribution in [2.45, 2.75) is 39.2 Å². The Hall–Kier alpha value is -1.60. The lowest BCUT2D eigenvalue weighted by molar-refractivity contribution is -0.146. The molecule has 1 aromatic carbocycles. The SMILES string of the molecule is CC.COC(=O)C1CC(F)(F)CN1N.Cc1cccc(F)c1. The Morgan fingerprint density at radius 2 is 2.00 bits per heavy atom. The van der Waals surface area contributed by atoms with E-state index in [1.165, 1.54) is 12.1 Å². The zero-order valence-corrected chi connectivity index (χ0v) is 13.3. The number of hydrogen-bond donors (Lipinski definition) is 1. The third-order valence-corrected chi connectivity index (χ3v) is 2.76. The summed E-state index contributed by atoms with van der Waals surface area (Å²) in [6.45, 7) is 5.27. The van der Waals surface area contributed by atoms with Crippen LogP contribution in [0.4, 0.5) is 13.2 Å². The average molecular weight is 320 g/mol. The van der Waals surface area contributed by atoms with Gasteiger partial charge in [-0.05, 0) is 24.6 Å². The van der Waals surface area contributed by atoms with Gasteiger partial charge in [-0.15, -0.1) is 0 Å².